The van der Waals surface area contributed by atoms with Gasteiger partial charge in [0.25, 0.3) is 0 Å². The predicted octanol–water partition coefficient (Wildman–Crippen LogP) is 3.75. The third-order valence-electron chi connectivity index (χ3n) is 4.38. The van der Waals surface area contributed by atoms with Crippen molar-refractivity contribution in [2.24, 2.45) is 17.1 Å². The van der Waals surface area contributed by atoms with Crippen molar-refractivity contribution < 1.29 is 0 Å². The fraction of sp³-hybridized carbons (Fsp3) is 0.867. The second kappa shape index (κ2) is 6.31. The largest absolute Gasteiger partial charge is 0.330 e. The summed E-state index contributed by atoms with van der Waals surface area (Å²) in [5.74, 6) is 1.52. The molecule has 2 N–H and O–H groups in total. The number of aromatic nitrogens is 2. The van der Waals surface area contributed by atoms with Crippen LogP contribution >= 0.6 is 11.3 Å². The Kier molecular flexibility index (Phi) is 4.96. The fourth-order valence-corrected chi connectivity index (χ4v) is 4.05. The van der Waals surface area contributed by atoms with E-state index in [1.807, 2.05) is 11.3 Å². The number of hydrogen-bond donors (Lipinski definition) is 1. The van der Waals surface area contributed by atoms with E-state index in [1.54, 1.807) is 0 Å². The second-order valence-electron chi connectivity index (χ2n) is 6.84. The van der Waals surface area contributed by atoms with Crippen LogP contribution in [0.25, 0.3) is 0 Å². The van der Waals surface area contributed by atoms with Gasteiger partial charge in [0.15, 0.2) is 0 Å². The maximum Gasteiger partial charge on any atom is 0.120 e. The third-order valence-corrected chi connectivity index (χ3v) is 5.52. The zero-order valence-electron chi connectivity index (χ0n) is 12.5. The van der Waals surface area contributed by atoms with E-state index in [1.165, 1.54) is 35.7 Å². The van der Waals surface area contributed by atoms with Crippen LogP contribution in [0.2, 0.25) is 0 Å². The lowest BCUT2D eigenvalue weighted by Crippen LogP contribution is -2.25. The number of aryl methyl sites for hydroxylation is 1. The molecule has 0 unspecified atom stereocenters. The van der Waals surface area contributed by atoms with E-state index < -0.39 is 0 Å². The van der Waals surface area contributed by atoms with Crippen molar-refractivity contribution in [3.63, 3.8) is 0 Å². The molecule has 0 radical (unpaired) electrons. The highest BCUT2D eigenvalue weighted by Crippen LogP contribution is 2.43. The van der Waals surface area contributed by atoms with Crippen LogP contribution in [-0.4, -0.2) is 16.7 Å². The van der Waals surface area contributed by atoms with Crippen molar-refractivity contribution in [3.05, 3.63) is 10.0 Å². The molecule has 1 saturated carbocycles. The van der Waals surface area contributed by atoms with Gasteiger partial charge >= 0.3 is 0 Å². The van der Waals surface area contributed by atoms with Crippen LogP contribution in [0.4, 0.5) is 0 Å². The SMILES string of the molecule is CC(C)(C)C1CCC(c2nnc(CCCN)s2)CC1. The first-order chi connectivity index (χ1) is 9.00. The van der Waals surface area contributed by atoms with Crippen LogP contribution in [0, 0.1) is 11.3 Å². The van der Waals surface area contributed by atoms with E-state index >= 15 is 0 Å². The predicted molar refractivity (Wildman–Crippen MR) is 81.4 cm³/mol. The van der Waals surface area contributed by atoms with Crippen molar-refractivity contribution in [1.82, 2.24) is 10.2 Å². The zero-order chi connectivity index (χ0) is 13.9. The summed E-state index contributed by atoms with van der Waals surface area (Å²) in [6, 6.07) is 0. The van der Waals surface area contributed by atoms with Crippen molar-refractivity contribution in [2.75, 3.05) is 6.54 Å². The molecule has 108 valence electrons. The van der Waals surface area contributed by atoms with Crippen molar-refractivity contribution in [2.45, 2.75) is 65.2 Å². The zero-order valence-corrected chi connectivity index (χ0v) is 13.3. The first kappa shape index (κ1) is 14.9. The first-order valence-corrected chi connectivity index (χ1v) is 8.34. The average molecular weight is 281 g/mol. The molecule has 2 rings (SSSR count). The number of nitrogens with zero attached hydrogens (tertiary/aromatic N) is 2. The van der Waals surface area contributed by atoms with Gasteiger partial charge in [-0.05, 0) is 50.0 Å². The molecule has 0 bridgehead atoms. The average Bonchev–Trinajstić information content (AvgIpc) is 2.84. The van der Waals surface area contributed by atoms with E-state index in [9.17, 15) is 0 Å². The molecule has 0 spiro atoms. The molecular formula is C15H27N3S. The van der Waals surface area contributed by atoms with Crippen LogP contribution in [0.1, 0.15) is 68.8 Å². The number of hydrogen-bond acceptors (Lipinski definition) is 4. The summed E-state index contributed by atoms with van der Waals surface area (Å²) < 4.78 is 0. The smallest absolute Gasteiger partial charge is 0.120 e. The minimum absolute atomic E-state index is 0.457. The maximum absolute atomic E-state index is 5.54. The maximum atomic E-state index is 5.54. The van der Waals surface area contributed by atoms with Gasteiger partial charge in [0.2, 0.25) is 0 Å². The lowest BCUT2D eigenvalue weighted by molar-refractivity contribution is 0.169. The normalized spacial score (nSPS) is 24.6. The van der Waals surface area contributed by atoms with Gasteiger partial charge in [0, 0.05) is 12.3 Å². The Bertz CT molecular complexity index is 386. The summed E-state index contributed by atoms with van der Waals surface area (Å²) in [5.41, 5.74) is 6.00. The molecule has 0 aliphatic heterocycles. The standard InChI is InChI=1S/C15H27N3S/c1-15(2,3)12-8-6-11(7-9-12)14-18-17-13(19-14)5-4-10-16/h11-12H,4-10,16H2,1-3H3. The molecule has 1 fully saturated rings. The Balaban J connectivity index is 1.89. The molecule has 0 saturated heterocycles. The monoisotopic (exact) mass is 281 g/mol. The van der Waals surface area contributed by atoms with E-state index in [2.05, 4.69) is 31.0 Å². The minimum atomic E-state index is 0.457. The number of rotatable bonds is 4. The molecule has 3 nitrogen and oxygen atoms in total. The summed E-state index contributed by atoms with van der Waals surface area (Å²) >= 11 is 1.81. The summed E-state index contributed by atoms with van der Waals surface area (Å²) in [6.07, 6.45) is 7.26. The molecule has 4 heteroatoms. The van der Waals surface area contributed by atoms with Gasteiger partial charge in [-0.1, -0.05) is 20.8 Å². The van der Waals surface area contributed by atoms with Gasteiger partial charge in [0.1, 0.15) is 10.0 Å². The van der Waals surface area contributed by atoms with Crippen LogP contribution < -0.4 is 5.73 Å². The highest BCUT2D eigenvalue weighted by Gasteiger charge is 2.31. The summed E-state index contributed by atoms with van der Waals surface area (Å²) in [4.78, 5) is 0. The van der Waals surface area contributed by atoms with E-state index in [-0.39, 0.29) is 0 Å². The summed E-state index contributed by atoms with van der Waals surface area (Å²) in [5, 5.41) is 11.1. The lowest BCUT2D eigenvalue weighted by Gasteiger charge is -2.36. The highest BCUT2D eigenvalue weighted by molar-refractivity contribution is 7.11. The summed E-state index contributed by atoms with van der Waals surface area (Å²) in [7, 11) is 0. The molecule has 19 heavy (non-hydrogen) atoms. The second-order valence-corrected chi connectivity index (χ2v) is 7.93. The molecule has 0 aromatic carbocycles. The Morgan fingerprint density at radius 1 is 1.16 bits per heavy atom. The van der Waals surface area contributed by atoms with Gasteiger partial charge in [0.05, 0.1) is 0 Å². The van der Waals surface area contributed by atoms with E-state index in [0.29, 0.717) is 11.3 Å². The Hall–Kier alpha value is -0.480. The lowest BCUT2D eigenvalue weighted by atomic mass is 9.70. The van der Waals surface area contributed by atoms with Crippen molar-refractivity contribution in [3.8, 4) is 0 Å². The van der Waals surface area contributed by atoms with Crippen molar-refractivity contribution in [1.29, 1.82) is 0 Å². The highest BCUT2D eigenvalue weighted by atomic mass is 32.1. The van der Waals surface area contributed by atoms with Gasteiger partial charge < -0.3 is 5.73 Å². The summed E-state index contributed by atoms with van der Waals surface area (Å²) in [6.45, 7) is 7.85. The molecule has 1 heterocycles. The van der Waals surface area contributed by atoms with Crippen molar-refractivity contribution >= 4 is 11.3 Å². The molecule has 1 aliphatic carbocycles. The Labute approximate surface area is 121 Å². The van der Waals surface area contributed by atoms with Crippen LogP contribution in [0.3, 0.4) is 0 Å². The van der Waals surface area contributed by atoms with Crippen LogP contribution in [0.15, 0.2) is 0 Å². The molecule has 0 amide bonds. The number of nitrogens with two attached hydrogens (primary N) is 1. The Morgan fingerprint density at radius 3 is 2.42 bits per heavy atom. The quantitative estimate of drug-likeness (QED) is 0.914. The Morgan fingerprint density at radius 2 is 1.84 bits per heavy atom. The van der Waals surface area contributed by atoms with E-state index in [0.717, 1.165) is 25.3 Å². The first-order valence-electron chi connectivity index (χ1n) is 7.53. The molecular weight excluding hydrogens is 254 g/mol. The van der Waals surface area contributed by atoms with Gasteiger partial charge in [-0.25, -0.2) is 0 Å². The molecule has 0 atom stereocenters. The molecule has 1 aromatic heterocycles. The van der Waals surface area contributed by atoms with Gasteiger partial charge in [-0.15, -0.1) is 21.5 Å². The minimum Gasteiger partial charge on any atom is -0.330 e. The van der Waals surface area contributed by atoms with Gasteiger partial charge in [-0.3, -0.25) is 0 Å². The third kappa shape index (κ3) is 3.99. The fourth-order valence-electron chi connectivity index (χ4n) is 2.99. The molecule has 1 aliphatic rings. The van der Waals surface area contributed by atoms with Gasteiger partial charge in [-0.2, -0.15) is 0 Å². The van der Waals surface area contributed by atoms with Crippen LogP contribution in [0.5, 0.6) is 0 Å². The molecule has 1 aromatic rings. The van der Waals surface area contributed by atoms with E-state index in [4.69, 9.17) is 5.73 Å². The van der Waals surface area contributed by atoms with Crippen LogP contribution in [-0.2, 0) is 6.42 Å². The topological polar surface area (TPSA) is 51.8 Å².